The van der Waals surface area contributed by atoms with Gasteiger partial charge in [-0.15, -0.1) is 11.3 Å². The first-order valence-electron chi connectivity index (χ1n) is 9.52. The number of hydrogen-bond donors (Lipinski definition) is 3. The number of para-hydroxylation sites is 1. The molecular weight excluding hydrogens is 418 g/mol. The summed E-state index contributed by atoms with van der Waals surface area (Å²) in [7, 11) is 0. The fourth-order valence-corrected chi connectivity index (χ4v) is 4.19. The van der Waals surface area contributed by atoms with Crippen molar-refractivity contribution < 1.29 is 9.59 Å². The van der Waals surface area contributed by atoms with E-state index in [-0.39, 0.29) is 11.8 Å². The quantitative estimate of drug-likeness (QED) is 0.397. The average molecular weight is 438 g/mol. The number of carbonyl (C=O) groups is 2. The number of aromatic amines is 1. The van der Waals surface area contributed by atoms with E-state index in [0.29, 0.717) is 23.6 Å². The van der Waals surface area contributed by atoms with E-state index in [4.69, 9.17) is 11.6 Å². The Morgan fingerprint density at radius 3 is 2.63 bits per heavy atom. The van der Waals surface area contributed by atoms with Gasteiger partial charge < -0.3 is 15.6 Å². The van der Waals surface area contributed by atoms with Gasteiger partial charge in [0.15, 0.2) is 0 Å². The van der Waals surface area contributed by atoms with Gasteiger partial charge in [0.05, 0.1) is 17.1 Å². The Kier molecular flexibility index (Phi) is 6.16. The van der Waals surface area contributed by atoms with Crippen LogP contribution < -0.4 is 10.6 Å². The normalized spacial score (nSPS) is 11.9. The van der Waals surface area contributed by atoms with E-state index in [1.165, 1.54) is 0 Å². The highest BCUT2D eigenvalue weighted by Gasteiger charge is 2.24. The minimum atomic E-state index is -0.743. The van der Waals surface area contributed by atoms with Gasteiger partial charge in [-0.1, -0.05) is 48.0 Å². The van der Waals surface area contributed by atoms with Crippen LogP contribution in [-0.2, 0) is 17.8 Å². The van der Waals surface area contributed by atoms with Crippen molar-refractivity contribution in [3.8, 4) is 0 Å². The Balaban J connectivity index is 1.56. The number of carbonyl (C=O) groups excluding carboxylic acids is 2. The lowest BCUT2D eigenvalue weighted by Gasteiger charge is -2.19. The van der Waals surface area contributed by atoms with Gasteiger partial charge in [-0.05, 0) is 35.2 Å². The monoisotopic (exact) mass is 437 g/mol. The molecule has 3 N–H and O–H groups in total. The Morgan fingerprint density at radius 1 is 1.03 bits per heavy atom. The van der Waals surface area contributed by atoms with Gasteiger partial charge in [0, 0.05) is 28.4 Å². The van der Waals surface area contributed by atoms with Crippen molar-refractivity contribution in [1.82, 2.24) is 15.6 Å². The van der Waals surface area contributed by atoms with E-state index in [0.717, 1.165) is 21.3 Å². The molecule has 2 aromatic heterocycles. The van der Waals surface area contributed by atoms with Gasteiger partial charge in [-0.3, -0.25) is 9.59 Å². The molecule has 7 heteroatoms. The molecule has 2 aromatic carbocycles. The molecular formula is C23H20ClN3O2S. The van der Waals surface area contributed by atoms with Crippen molar-refractivity contribution in [1.29, 1.82) is 0 Å². The van der Waals surface area contributed by atoms with Crippen LogP contribution in [0.25, 0.3) is 10.9 Å². The Labute approximate surface area is 183 Å². The van der Waals surface area contributed by atoms with Gasteiger partial charge in [0.25, 0.3) is 5.91 Å². The Bertz CT molecular complexity index is 1170. The van der Waals surface area contributed by atoms with Gasteiger partial charge >= 0.3 is 0 Å². The molecule has 0 fully saturated rings. The molecule has 0 radical (unpaired) electrons. The third kappa shape index (κ3) is 4.56. The summed E-state index contributed by atoms with van der Waals surface area (Å²) in [6.45, 7) is 0.419. The molecule has 5 nitrogen and oxygen atoms in total. The fraction of sp³-hybridized carbons (Fsp3) is 0.130. The molecule has 4 aromatic rings. The Hall–Kier alpha value is -3.09. The highest BCUT2D eigenvalue weighted by Crippen LogP contribution is 2.20. The molecule has 0 spiro atoms. The summed E-state index contributed by atoms with van der Waals surface area (Å²) < 4.78 is 0. The summed E-state index contributed by atoms with van der Waals surface area (Å²) in [6, 6.07) is 17.8. The van der Waals surface area contributed by atoms with Crippen LogP contribution in [0.2, 0.25) is 5.02 Å². The number of hydrogen-bond acceptors (Lipinski definition) is 3. The summed E-state index contributed by atoms with van der Waals surface area (Å²) >= 11 is 7.74. The largest absolute Gasteiger partial charge is 0.361 e. The molecule has 2 heterocycles. The summed E-state index contributed by atoms with van der Waals surface area (Å²) in [6.07, 6.45) is 2.24. The second-order valence-electron chi connectivity index (χ2n) is 6.87. The SMILES string of the molecule is O=C(N[C@@H](Cc1c[nH]c2ccccc12)C(=O)NCc1cccs1)c1ccccc1Cl. The van der Waals surface area contributed by atoms with Crippen molar-refractivity contribution in [2.24, 2.45) is 0 Å². The third-order valence-corrected chi connectivity index (χ3v) is 6.06. The first kappa shape index (κ1) is 20.2. The van der Waals surface area contributed by atoms with Crippen LogP contribution in [-0.4, -0.2) is 22.8 Å². The van der Waals surface area contributed by atoms with Crippen LogP contribution in [0.5, 0.6) is 0 Å². The first-order valence-corrected chi connectivity index (χ1v) is 10.8. The molecule has 0 bridgehead atoms. The van der Waals surface area contributed by atoms with E-state index in [9.17, 15) is 9.59 Å². The summed E-state index contributed by atoms with van der Waals surface area (Å²) in [5.41, 5.74) is 2.29. The lowest BCUT2D eigenvalue weighted by molar-refractivity contribution is -0.123. The lowest BCUT2D eigenvalue weighted by Crippen LogP contribution is -2.47. The average Bonchev–Trinajstić information content (AvgIpc) is 3.42. The van der Waals surface area contributed by atoms with Gasteiger partial charge in [0.2, 0.25) is 5.91 Å². The number of nitrogens with one attached hydrogen (secondary N) is 3. The van der Waals surface area contributed by atoms with E-state index in [2.05, 4.69) is 15.6 Å². The predicted octanol–water partition coefficient (Wildman–Crippen LogP) is 4.54. The van der Waals surface area contributed by atoms with Crippen molar-refractivity contribution in [3.05, 3.63) is 93.3 Å². The van der Waals surface area contributed by atoms with Gasteiger partial charge in [-0.2, -0.15) is 0 Å². The highest BCUT2D eigenvalue weighted by molar-refractivity contribution is 7.09. The molecule has 30 heavy (non-hydrogen) atoms. The molecule has 0 unspecified atom stereocenters. The number of thiophene rings is 1. The summed E-state index contributed by atoms with van der Waals surface area (Å²) in [5.74, 6) is -0.620. The number of halogens is 1. The number of amides is 2. The molecule has 152 valence electrons. The van der Waals surface area contributed by atoms with Crippen LogP contribution in [0.3, 0.4) is 0 Å². The van der Waals surface area contributed by atoms with Crippen LogP contribution in [0.4, 0.5) is 0 Å². The second kappa shape index (κ2) is 9.15. The van der Waals surface area contributed by atoms with Crippen molar-refractivity contribution in [3.63, 3.8) is 0 Å². The molecule has 4 rings (SSSR count). The maximum Gasteiger partial charge on any atom is 0.253 e. The van der Waals surface area contributed by atoms with E-state index < -0.39 is 6.04 Å². The minimum Gasteiger partial charge on any atom is -0.361 e. The molecule has 0 aliphatic rings. The van der Waals surface area contributed by atoms with Crippen molar-refractivity contribution >= 4 is 45.7 Å². The number of H-pyrrole nitrogens is 1. The van der Waals surface area contributed by atoms with Gasteiger partial charge in [-0.25, -0.2) is 0 Å². The molecule has 0 aliphatic carbocycles. The zero-order chi connectivity index (χ0) is 20.9. The Morgan fingerprint density at radius 2 is 1.83 bits per heavy atom. The maximum atomic E-state index is 13.0. The molecule has 2 amide bonds. The molecule has 0 saturated carbocycles. The molecule has 0 aliphatic heterocycles. The molecule has 1 atom stereocenters. The first-order chi connectivity index (χ1) is 14.6. The number of rotatable bonds is 7. The number of aromatic nitrogens is 1. The second-order valence-corrected chi connectivity index (χ2v) is 8.31. The maximum absolute atomic E-state index is 13.0. The van der Waals surface area contributed by atoms with Crippen LogP contribution >= 0.6 is 22.9 Å². The standard InChI is InChI=1S/C23H20ClN3O2S/c24-19-9-3-1-8-18(19)22(28)27-21(23(29)26-14-16-6-5-11-30-16)12-15-13-25-20-10-4-2-7-17(15)20/h1-11,13,21,25H,12,14H2,(H,26,29)(H,27,28)/t21-/m0/s1. The topological polar surface area (TPSA) is 74.0 Å². The number of benzene rings is 2. The van der Waals surface area contributed by atoms with E-state index in [1.807, 2.05) is 48.0 Å². The smallest absolute Gasteiger partial charge is 0.253 e. The predicted molar refractivity (Wildman–Crippen MR) is 121 cm³/mol. The van der Waals surface area contributed by atoms with Crippen LogP contribution in [0.15, 0.2) is 72.2 Å². The highest BCUT2D eigenvalue weighted by atomic mass is 35.5. The summed E-state index contributed by atoms with van der Waals surface area (Å²) in [4.78, 5) is 30.1. The summed E-state index contributed by atoms with van der Waals surface area (Å²) in [5, 5.41) is 9.13. The molecule has 0 saturated heterocycles. The minimum absolute atomic E-state index is 0.242. The van der Waals surface area contributed by atoms with Crippen molar-refractivity contribution in [2.75, 3.05) is 0 Å². The van der Waals surface area contributed by atoms with Crippen LogP contribution in [0, 0.1) is 0 Å². The zero-order valence-electron chi connectivity index (χ0n) is 16.0. The van der Waals surface area contributed by atoms with E-state index >= 15 is 0 Å². The van der Waals surface area contributed by atoms with Crippen LogP contribution in [0.1, 0.15) is 20.8 Å². The van der Waals surface area contributed by atoms with Gasteiger partial charge in [0.1, 0.15) is 6.04 Å². The fourth-order valence-electron chi connectivity index (χ4n) is 3.32. The third-order valence-electron chi connectivity index (χ3n) is 4.86. The number of fused-ring (bicyclic) bond motifs is 1. The van der Waals surface area contributed by atoms with E-state index in [1.54, 1.807) is 35.6 Å². The zero-order valence-corrected chi connectivity index (χ0v) is 17.6. The van der Waals surface area contributed by atoms with Crippen molar-refractivity contribution in [2.45, 2.75) is 19.0 Å². The lowest BCUT2D eigenvalue weighted by atomic mass is 10.0.